The largest absolute Gasteiger partial charge is 0.338 e. The Morgan fingerprint density at radius 1 is 1.17 bits per heavy atom. The van der Waals surface area contributed by atoms with Gasteiger partial charge in [-0.2, -0.15) is 9.29 Å². The third-order valence-electron chi connectivity index (χ3n) is 3.93. The molecule has 7 nitrogen and oxygen atoms in total. The van der Waals surface area contributed by atoms with Crippen LogP contribution >= 0.6 is 0 Å². The van der Waals surface area contributed by atoms with E-state index in [-0.39, 0.29) is 4.90 Å². The molecule has 0 aliphatic carbocycles. The van der Waals surface area contributed by atoms with Gasteiger partial charge in [0.05, 0.1) is 11.4 Å². The Morgan fingerprint density at radius 3 is 2.58 bits per heavy atom. The molecule has 9 heteroatoms. The van der Waals surface area contributed by atoms with Gasteiger partial charge < -0.3 is 4.52 Å². The van der Waals surface area contributed by atoms with Crippen LogP contribution in [0, 0.1) is 12.7 Å². The average molecular weight is 354 g/mol. The lowest BCUT2D eigenvalue weighted by Gasteiger charge is -2.20. The molecule has 1 aromatic carbocycles. The van der Waals surface area contributed by atoms with Crippen molar-refractivity contribution in [1.82, 2.24) is 19.3 Å². The number of benzene rings is 1. The minimum Gasteiger partial charge on any atom is -0.338 e. The molecule has 1 saturated heterocycles. The third kappa shape index (κ3) is 3.80. The molecule has 0 N–H and O–H groups in total. The van der Waals surface area contributed by atoms with Gasteiger partial charge in [0.2, 0.25) is 15.9 Å². The average Bonchev–Trinajstić information content (AvgIpc) is 2.81. The zero-order valence-electron chi connectivity index (χ0n) is 13.4. The minimum atomic E-state index is -3.61. The molecule has 2 aromatic rings. The van der Waals surface area contributed by atoms with E-state index in [4.69, 9.17) is 4.52 Å². The highest BCUT2D eigenvalue weighted by atomic mass is 32.2. The topological polar surface area (TPSA) is 79.5 Å². The van der Waals surface area contributed by atoms with Crippen LogP contribution < -0.4 is 0 Å². The predicted octanol–water partition coefficient (Wildman–Crippen LogP) is 1.41. The standard InChI is InChI=1S/C15H19FN4O3S/c1-12-17-15(23-18-12)11-19-7-2-8-20(10-9-19)24(21,22)14-5-3-13(16)4-6-14/h3-6H,2,7-11H2,1H3. The lowest BCUT2D eigenvalue weighted by atomic mass is 10.4. The van der Waals surface area contributed by atoms with Crippen molar-refractivity contribution in [3.8, 4) is 0 Å². The molecule has 2 heterocycles. The van der Waals surface area contributed by atoms with Crippen LogP contribution in [0.4, 0.5) is 4.39 Å². The number of hydrogen-bond donors (Lipinski definition) is 0. The first kappa shape index (κ1) is 17.0. The summed E-state index contributed by atoms with van der Waals surface area (Å²) in [5, 5.41) is 3.76. The van der Waals surface area contributed by atoms with Gasteiger partial charge in [-0.1, -0.05) is 5.16 Å². The Morgan fingerprint density at radius 2 is 1.92 bits per heavy atom. The Bertz CT molecular complexity index is 791. The first-order valence-corrected chi connectivity index (χ1v) is 9.16. The molecule has 0 amide bonds. The normalized spacial score (nSPS) is 17.8. The summed E-state index contributed by atoms with van der Waals surface area (Å²) in [6.07, 6.45) is 0.702. The number of hydrogen-bond acceptors (Lipinski definition) is 6. The maximum atomic E-state index is 13.0. The number of aromatic nitrogens is 2. The van der Waals surface area contributed by atoms with E-state index in [9.17, 15) is 12.8 Å². The summed E-state index contributed by atoms with van der Waals surface area (Å²) in [5.74, 6) is 0.661. The summed E-state index contributed by atoms with van der Waals surface area (Å²) in [7, 11) is -3.61. The highest BCUT2D eigenvalue weighted by Gasteiger charge is 2.27. The van der Waals surface area contributed by atoms with Crippen molar-refractivity contribution < 1.29 is 17.3 Å². The maximum absolute atomic E-state index is 13.0. The fourth-order valence-corrected chi connectivity index (χ4v) is 4.17. The lowest BCUT2D eigenvalue weighted by molar-refractivity contribution is 0.235. The molecule has 0 saturated carbocycles. The molecule has 0 radical (unpaired) electrons. The predicted molar refractivity (Wildman–Crippen MR) is 84.1 cm³/mol. The molecule has 1 aliphatic rings. The second-order valence-electron chi connectivity index (χ2n) is 5.72. The van der Waals surface area contributed by atoms with Crippen LogP contribution in [0.2, 0.25) is 0 Å². The van der Waals surface area contributed by atoms with Gasteiger partial charge in [0.15, 0.2) is 5.82 Å². The Balaban J connectivity index is 1.67. The van der Waals surface area contributed by atoms with E-state index in [1.54, 1.807) is 6.92 Å². The summed E-state index contributed by atoms with van der Waals surface area (Å²) in [4.78, 5) is 6.38. The molecule has 130 valence electrons. The summed E-state index contributed by atoms with van der Waals surface area (Å²) >= 11 is 0. The minimum absolute atomic E-state index is 0.116. The summed E-state index contributed by atoms with van der Waals surface area (Å²) in [5.41, 5.74) is 0. The highest BCUT2D eigenvalue weighted by molar-refractivity contribution is 7.89. The van der Waals surface area contributed by atoms with E-state index in [2.05, 4.69) is 15.0 Å². The van der Waals surface area contributed by atoms with Crippen LogP contribution in [0.15, 0.2) is 33.7 Å². The van der Waals surface area contributed by atoms with Crippen molar-refractivity contribution in [2.45, 2.75) is 24.8 Å². The number of halogens is 1. The maximum Gasteiger partial charge on any atom is 0.243 e. The number of sulfonamides is 1. The van der Waals surface area contributed by atoms with Crippen LogP contribution in [-0.2, 0) is 16.6 Å². The zero-order valence-corrected chi connectivity index (χ0v) is 14.2. The van der Waals surface area contributed by atoms with E-state index in [0.717, 1.165) is 18.7 Å². The molecule has 0 atom stereocenters. The van der Waals surface area contributed by atoms with Crippen molar-refractivity contribution in [1.29, 1.82) is 0 Å². The molecule has 1 fully saturated rings. The van der Waals surface area contributed by atoms with Crippen LogP contribution in [0.1, 0.15) is 18.1 Å². The third-order valence-corrected chi connectivity index (χ3v) is 5.84. The van der Waals surface area contributed by atoms with Gasteiger partial charge in [-0.25, -0.2) is 12.8 Å². The van der Waals surface area contributed by atoms with Crippen molar-refractivity contribution in [3.05, 3.63) is 41.8 Å². The molecule has 0 unspecified atom stereocenters. The van der Waals surface area contributed by atoms with Gasteiger partial charge in [0, 0.05) is 19.6 Å². The number of aryl methyl sites for hydroxylation is 1. The quantitative estimate of drug-likeness (QED) is 0.826. The molecule has 24 heavy (non-hydrogen) atoms. The van der Waals surface area contributed by atoms with E-state index in [0.29, 0.717) is 44.3 Å². The molecule has 1 aliphatic heterocycles. The Hall–Kier alpha value is -1.84. The van der Waals surface area contributed by atoms with E-state index >= 15 is 0 Å². The highest BCUT2D eigenvalue weighted by Crippen LogP contribution is 2.18. The lowest BCUT2D eigenvalue weighted by Crippen LogP contribution is -2.35. The molecule has 0 bridgehead atoms. The fraction of sp³-hybridized carbons (Fsp3) is 0.467. The summed E-state index contributed by atoms with van der Waals surface area (Å²) < 4.78 is 44.9. The fourth-order valence-electron chi connectivity index (χ4n) is 2.70. The van der Waals surface area contributed by atoms with Crippen molar-refractivity contribution in [2.24, 2.45) is 0 Å². The van der Waals surface area contributed by atoms with Crippen molar-refractivity contribution >= 4 is 10.0 Å². The Labute approximate surface area is 140 Å². The van der Waals surface area contributed by atoms with E-state index in [1.165, 1.54) is 16.4 Å². The zero-order chi connectivity index (χ0) is 17.2. The SMILES string of the molecule is Cc1noc(CN2CCCN(S(=O)(=O)c3ccc(F)cc3)CC2)n1. The van der Waals surface area contributed by atoms with Gasteiger partial charge >= 0.3 is 0 Å². The first-order chi connectivity index (χ1) is 11.4. The molecular formula is C15H19FN4O3S. The van der Waals surface area contributed by atoms with Gasteiger partial charge in [0.25, 0.3) is 0 Å². The first-order valence-electron chi connectivity index (χ1n) is 7.72. The molecule has 1 aromatic heterocycles. The Kier molecular flexibility index (Phi) is 4.93. The molecule has 3 rings (SSSR count). The second-order valence-corrected chi connectivity index (χ2v) is 7.66. The number of rotatable bonds is 4. The van der Waals surface area contributed by atoms with Crippen LogP contribution in [0.5, 0.6) is 0 Å². The van der Waals surface area contributed by atoms with E-state index < -0.39 is 15.8 Å². The molecular weight excluding hydrogens is 335 g/mol. The monoisotopic (exact) mass is 354 g/mol. The van der Waals surface area contributed by atoms with Crippen LogP contribution in [0.3, 0.4) is 0 Å². The van der Waals surface area contributed by atoms with E-state index in [1.807, 2.05) is 0 Å². The second kappa shape index (κ2) is 6.96. The summed E-state index contributed by atoms with van der Waals surface area (Å²) in [6, 6.07) is 4.92. The van der Waals surface area contributed by atoms with Gasteiger partial charge in [-0.3, -0.25) is 4.90 Å². The van der Waals surface area contributed by atoms with Crippen LogP contribution in [0.25, 0.3) is 0 Å². The smallest absolute Gasteiger partial charge is 0.243 e. The van der Waals surface area contributed by atoms with Gasteiger partial charge in [-0.15, -0.1) is 0 Å². The van der Waals surface area contributed by atoms with Crippen molar-refractivity contribution in [2.75, 3.05) is 26.2 Å². The molecule has 0 spiro atoms. The summed E-state index contributed by atoms with van der Waals surface area (Å²) in [6.45, 7) is 4.38. The van der Waals surface area contributed by atoms with Gasteiger partial charge in [0.1, 0.15) is 5.82 Å². The van der Waals surface area contributed by atoms with Gasteiger partial charge in [-0.05, 0) is 44.2 Å². The number of nitrogens with zero attached hydrogens (tertiary/aromatic N) is 4. The van der Waals surface area contributed by atoms with Crippen molar-refractivity contribution in [3.63, 3.8) is 0 Å². The van der Waals surface area contributed by atoms with Crippen LogP contribution in [-0.4, -0.2) is 53.9 Å².